The van der Waals surface area contributed by atoms with Crippen LogP contribution < -0.4 is 16.2 Å². The van der Waals surface area contributed by atoms with Gasteiger partial charge in [0.15, 0.2) is 10.9 Å². The quantitative estimate of drug-likeness (QED) is 0.446. The maximum Gasteiger partial charge on any atom is 0.416 e. The van der Waals surface area contributed by atoms with Crippen molar-refractivity contribution in [2.24, 2.45) is 0 Å². The molecule has 0 atom stereocenters. The molecule has 1 heterocycles. The van der Waals surface area contributed by atoms with Crippen molar-refractivity contribution >= 4 is 35.0 Å². The van der Waals surface area contributed by atoms with Crippen LogP contribution in [0.25, 0.3) is 11.3 Å². The van der Waals surface area contributed by atoms with Gasteiger partial charge in [-0.25, -0.2) is 0 Å². The number of alkyl halides is 3. The number of nitrogens with one attached hydrogen (secondary N) is 3. The minimum Gasteiger partial charge on any atom is -0.325 e. The number of H-pyrrole nitrogens is 1. The lowest BCUT2D eigenvalue weighted by molar-refractivity contribution is -0.137. The summed E-state index contributed by atoms with van der Waals surface area (Å²) in [7, 11) is 0. The summed E-state index contributed by atoms with van der Waals surface area (Å²) in [4.78, 5) is 39.0. The van der Waals surface area contributed by atoms with Gasteiger partial charge >= 0.3 is 6.18 Å². The number of amides is 2. The molecule has 3 N–H and O–H groups in total. The molecule has 2 amide bonds. The van der Waals surface area contributed by atoms with Gasteiger partial charge in [-0.2, -0.15) is 13.2 Å². The third-order valence-corrected chi connectivity index (χ3v) is 5.39. The number of aromatic amines is 1. The molecule has 0 fully saturated rings. The number of aromatic nitrogens is 3. The molecule has 0 unspecified atom stereocenters. The Morgan fingerprint density at radius 1 is 1.09 bits per heavy atom. The topological polar surface area (TPSA) is 117 Å². The molecule has 34 heavy (non-hydrogen) atoms. The summed E-state index contributed by atoms with van der Waals surface area (Å²) in [5, 5.41) is 13.0. The van der Waals surface area contributed by atoms with Gasteiger partial charge in [-0.15, -0.1) is 10.2 Å². The Labute approximate surface area is 196 Å². The summed E-state index contributed by atoms with van der Waals surface area (Å²) in [6.45, 7) is 4.97. The van der Waals surface area contributed by atoms with Crippen molar-refractivity contribution in [3.63, 3.8) is 0 Å². The van der Waals surface area contributed by atoms with E-state index in [2.05, 4.69) is 25.8 Å². The minimum atomic E-state index is -4.53. The molecular formula is C22H20F3N5O3S. The zero-order valence-corrected chi connectivity index (χ0v) is 19.1. The molecule has 12 heteroatoms. The number of hydrogen-bond acceptors (Lipinski definition) is 6. The van der Waals surface area contributed by atoms with Crippen molar-refractivity contribution in [1.29, 1.82) is 0 Å². The molecule has 0 aliphatic carbocycles. The van der Waals surface area contributed by atoms with Crippen molar-refractivity contribution in [3.05, 3.63) is 63.4 Å². The van der Waals surface area contributed by atoms with Crippen molar-refractivity contribution in [2.75, 3.05) is 16.4 Å². The van der Waals surface area contributed by atoms with Crippen molar-refractivity contribution in [1.82, 2.24) is 15.2 Å². The third kappa shape index (κ3) is 6.22. The van der Waals surface area contributed by atoms with E-state index >= 15 is 0 Å². The second-order valence-electron chi connectivity index (χ2n) is 7.41. The second kappa shape index (κ2) is 10.1. The largest absolute Gasteiger partial charge is 0.416 e. The second-order valence-corrected chi connectivity index (χ2v) is 8.37. The summed E-state index contributed by atoms with van der Waals surface area (Å²) in [5.41, 5.74) is 0.979. The number of anilines is 2. The fraction of sp³-hybridized carbons (Fsp3) is 0.227. The van der Waals surface area contributed by atoms with E-state index in [1.54, 1.807) is 13.0 Å². The molecule has 0 bridgehead atoms. The third-order valence-electron chi connectivity index (χ3n) is 4.53. The predicted molar refractivity (Wildman–Crippen MR) is 123 cm³/mol. The molecular weight excluding hydrogens is 471 g/mol. The number of thioether (sulfide) groups is 1. The molecule has 178 valence electrons. The van der Waals surface area contributed by atoms with Gasteiger partial charge in [0.1, 0.15) is 0 Å². The molecule has 8 nitrogen and oxygen atoms in total. The van der Waals surface area contributed by atoms with Gasteiger partial charge in [-0.3, -0.25) is 19.4 Å². The van der Waals surface area contributed by atoms with Crippen LogP contribution >= 0.6 is 11.8 Å². The Morgan fingerprint density at radius 3 is 2.47 bits per heavy atom. The lowest BCUT2D eigenvalue weighted by atomic mass is 10.0. The maximum absolute atomic E-state index is 12.8. The van der Waals surface area contributed by atoms with E-state index in [4.69, 9.17) is 0 Å². The van der Waals surface area contributed by atoms with E-state index in [1.165, 1.54) is 19.1 Å². The summed E-state index contributed by atoms with van der Waals surface area (Å²) >= 11 is 0.864. The molecule has 0 saturated heterocycles. The van der Waals surface area contributed by atoms with Gasteiger partial charge in [0, 0.05) is 18.2 Å². The van der Waals surface area contributed by atoms with Crippen LogP contribution in [0, 0.1) is 13.8 Å². The summed E-state index contributed by atoms with van der Waals surface area (Å²) in [6.07, 6.45) is -4.53. The van der Waals surface area contributed by atoms with Crippen LogP contribution in [0.5, 0.6) is 0 Å². The van der Waals surface area contributed by atoms with E-state index in [0.29, 0.717) is 11.3 Å². The van der Waals surface area contributed by atoms with Gasteiger partial charge in [0.05, 0.1) is 17.0 Å². The van der Waals surface area contributed by atoms with Crippen LogP contribution in [0.3, 0.4) is 0 Å². The molecule has 0 radical (unpaired) electrons. The van der Waals surface area contributed by atoms with Gasteiger partial charge < -0.3 is 10.6 Å². The Kier molecular flexibility index (Phi) is 7.40. The highest BCUT2D eigenvalue weighted by atomic mass is 32.2. The van der Waals surface area contributed by atoms with E-state index < -0.39 is 23.2 Å². The average Bonchev–Trinajstić information content (AvgIpc) is 2.73. The average molecular weight is 491 g/mol. The normalized spacial score (nSPS) is 11.2. The lowest BCUT2D eigenvalue weighted by Gasteiger charge is -2.13. The fourth-order valence-electron chi connectivity index (χ4n) is 3.16. The fourth-order valence-corrected chi connectivity index (χ4v) is 3.77. The maximum atomic E-state index is 12.8. The first kappa shape index (κ1) is 25.0. The van der Waals surface area contributed by atoms with Gasteiger partial charge in [0.2, 0.25) is 11.8 Å². The smallest absolute Gasteiger partial charge is 0.325 e. The molecule has 0 spiro atoms. The Morgan fingerprint density at radius 2 is 1.82 bits per heavy atom. The lowest BCUT2D eigenvalue weighted by Crippen LogP contribution is -2.18. The van der Waals surface area contributed by atoms with Crippen LogP contribution in [0.2, 0.25) is 0 Å². The highest BCUT2D eigenvalue weighted by Gasteiger charge is 2.30. The highest BCUT2D eigenvalue weighted by Crippen LogP contribution is 2.31. The molecule has 3 aromatic rings. The number of benzene rings is 2. The number of hydrogen-bond donors (Lipinski definition) is 3. The predicted octanol–water partition coefficient (Wildman–Crippen LogP) is 4.16. The van der Waals surface area contributed by atoms with Crippen molar-refractivity contribution < 1.29 is 22.8 Å². The monoisotopic (exact) mass is 491 g/mol. The number of halogens is 3. The number of rotatable bonds is 6. The first-order valence-electron chi connectivity index (χ1n) is 9.90. The zero-order valence-electron chi connectivity index (χ0n) is 18.3. The SMILES string of the molecule is CC(=O)Nc1c(C)cc(C)cc1-c1nnc(SCC(=O)Nc2cccc(C(F)(F)F)c2)[nH]c1=O. The molecule has 0 saturated carbocycles. The van der Waals surface area contributed by atoms with Gasteiger partial charge in [0.25, 0.3) is 5.56 Å². The van der Waals surface area contributed by atoms with Gasteiger partial charge in [-0.05, 0) is 43.7 Å². The van der Waals surface area contributed by atoms with Crippen LogP contribution in [0.15, 0.2) is 46.3 Å². The Balaban J connectivity index is 1.74. The summed E-state index contributed by atoms with van der Waals surface area (Å²) < 4.78 is 38.4. The van der Waals surface area contributed by atoms with Crippen molar-refractivity contribution in [3.8, 4) is 11.3 Å². The summed E-state index contributed by atoms with van der Waals surface area (Å²) in [5.74, 6) is -1.11. The van der Waals surface area contributed by atoms with Crippen LogP contribution in [0.1, 0.15) is 23.6 Å². The van der Waals surface area contributed by atoms with Gasteiger partial charge in [-0.1, -0.05) is 29.5 Å². The standard InChI is InChI=1S/C22H20F3N5O3S/c1-11-7-12(2)18(26-13(3)31)16(8-11)19-20(33)28-21(30-29-19)34-10-17(32)27-15-6-4-5-14(9-15)22(23,24)25/h4-9H,10H2,1-3H3,(H,26,31)(H,27,32)(H,28,30,33). The van der Waals surface area contributed by atoms with Crippen LogP contribution in [0.4, 0.5) is 24.5 Å². The number of carbonyl (C=O) groups excluding carboxylic acids is 2. The van der Waals surface area contributed by atoms with E-state index in [1.807, 2.05) is 13.0 Å². The number of nitrogens with zero attached hydrogens (tertiary/aromatic N) is 2. The molecule has 1 aromatic heterocycles. The molecule has 0 aliphatic rings. The number of carbonyl (C=O) groups is 2. The first-order valence-corrected chi connectivity index (χ1v) is 10.9. The molecule has 2 aromatic carbocycles. The zero-order chi connectivity index (χ0) is 25.0. The van der Waals surface area contributed by atoms with Crippen LogP contribution in [-0.2, 0) is 15.8 Å². The highest BCUT2D eigenvalue weighted by molar-refractivity contribution is 7.99. The summed E-state index contributed by atoms with van der Waals surface area (Å²) in [6, 6.07) is 7.81. The molecule has 0 aliphatic heterocycles. The first-order chi connectivity index (χ1) is 15.9. The van der Waals surface area contributed by atoms with Crippen LogP contribution in [-0.4, -0.2) is 32.7 Å². The van der Waals surface area contributed by atoms with E-state index in [0.717, 1.165) is 35.0 Å². The number of aryl methyl sites for hydroxylation is 2. The van der Waals surface area contributed by atoms with E-state index in [-0.39, 0.29) is 28.2 Å². The molecule has 3 rings (SSSR count). The van der Waals surface area contributed by atoms with Crippen molar-refractivity contribution in [2.45, 2.75) is 32.1 Å². The van der Waals surface area contributed by atoms with E-state index in [9.17, 15) is 27.6 Å². The minimum absolute atomic E-state index is 0.00401. The Bertz CT molecular complexity index is 1310. The Hall–Kier alpha value is -3.67.